The van der Waals surface area contributed by atoms with Crippen LogP contribution in [-0.4, -0.2) is 10.1 Å². The van der Waals surface area contributed by atoms with Crippen LogP contribution in [0.4, 0.5) is 5.13 Å². The molecule has 0 amide bonds. The van der Waals surface area contributed by atoms with E-state index < -0.39 is 6.10 Å². The van der Waals surface area contributed by atoms with Crippen molar-refractivity contribution >= 4 is 16.5 Å². The van der Waals surface area contributed by atoms with Crippen molar-refractivity contribution in [2.75, 3.05) is 5.73 Å². The second-order valence-electron chi connectivity index (χ2n) is 4.74. The lowest BCUT2D eigenvalue weighted by atomic mass is 9.80. The third-order valence-electron chi connectivity index (χ3n) is 3.11. The lowest BCUT2D eigenvalue weighted by Crippen LogP contribution is -2.18. The summed E-state index contributed by atoms with van der Waals surface area (Å²) in [7, 11) is 0. The van der Waals surface area contributed by atoms with Crippen LogP contribution in [0.3, 0.4) is 0 Å². The Bertz CT molecular complexity index is 399. The van der Waals surface area contributed by atoms with Crippen LogP contribution >= 0.6 is 11.3 Å². The molecule has 0 saturated heterocycles. The summed E-state index contributed by atoms with van der Waals surface area (Å²) >= 11 is 1.39. The van der Waals surface area contributed by atoms with E-state index >= 15 is 0 Å². The molecule has 1 aromatic rings. The number of allylic oxidation sites excluding steroid dienone is 2. The van der Waals surface area contributed by atoms with Crippen LogP contribution in [0.15, 0.2) is 17.8 Å². The van der Waals surface area contributed by atoms with Crippen LogP contribution in [0, 0.1) is 11.8 Å². The average molecular weight is 238 g/mol. The van der Waals surface area contributed by atoms with E-state index in [1.165, 1.54) is 16.9 Å². The largest absolute Gasteiger partial charge is 0.387 e. The number of aliphatic hydroxyl groups is 1. The molecule has 3 N–H and O–H groups in total. The first-order valence-corrected chi connectivity index (χ1v) is 6.44. The summed E-state index contributed by atoms with van der Waals surface area (Å²) < 4.78 is 0. The standard InChI is InChI=1S/C12H18N2OS/c1-7-3-8(2)5-9(4-7)11(15)10-6-14-12(13)16-10/h3,6-7,9,11,15H,4-5H2,1-2H3,(H2,13,14). The smallest absolute Gasteiger partial charge is 0.180 e. The Morgan fingerprint density at radius 3 is 2.94 bits per heavy atom. The molecule has 88 valence electrons. The lowest BCUT2D eigenvalue weighted by molar-refractivity contribution is 0.0962. The molecule has 1 heterocycles. The molecule has 0 saturated carbocycles. The normalized spacial score (nSPS) is 27.6. The van der Waals surface area contributed by atoms with Gasteiger partial charge >= 0.3 is 0 Å². The van der Waals surface area contributed by atoms with Crippen molar-refractivity contribution in [1.29, 1.82) is 0 Å². The number of aromatic nitrogens is 1. The SMILES string of the molecule is CC1=CC(C)CC(C(O)c2cnc(N)s2)C1. The number of nitrogens with zero attached hydrogens (tertiary/aromatic N) is 1. The highest BCUT2D eigenvalue weighted by molar-refractivity contribution is 7.15. The zero-order valence-corrected chi connectivity index (χ0v) is 10.5. The highest BCUT2D eigenvalue weighted by Gasteiger charge is 2.27. The van der Waals surface area contributed by atoms with Gasteiger partial charge in [-0.25, -0.2) is 4.98 Å². The Morgan fingerprint density at radius 1 is 1.62 bits per heavy atom. The van der Waals surface area contributed by atoms with E-state index in [9.17, 15) is 5.11 Å². The summed E-state index contributed by atoms with van der Waals surface area (Å²) in [6.45, 7) is 4.33. The Balaban J connectivity index is 2.11. The van der Waals surface area contributed by atoms with Crippen LogP contribution < -0.4 is 5.73 Å². The number of anilines is 1. The Morgan fingerprint density at radius 2 is 2.38 bits per heavy atom. The van der Waals surface area contributed by atoms with Crippen molar-refractivity contribution in [2.45, 2.75) is 32.8 Å². The van der Waals surface area contributed by atoms with Gasteiger partial charge in [0, 0.05) is 6.20 Å². The van der Waals surface area contributed by atoms with Crippen molar-refractivity contribution in [2.24, 2.45) is 11.8 Å². The molecule has 0 fully saturated rings. The molecular weight excluding hydrogens is 220 g/mol. The van der Waals surface area contributed by atoms with Crippen LogP contribution in [0.1, 0.15) is 37.7 Å². The molecule has 4 heteroatoms. The zero-order chi connectivity index (χ0) is 11.7. The van der Waals surface area contributed by atoms with Gasteiger partial charge in [-0.2, -0.15) is 0 Å². The average Bonchev–Trinajstić information content (AvgIpc) is 2.62. The maximum Gasteiger partial charge on any atom is 0.180 e. The first kappa shape index (κ1) is 11.6. The van der Waals surface area contributed by atoms with Crippen molar-refractivity contribution in [3.05, 3.63) is 22.7 Å². The third-order valence-corrected chi connectivity index (χ3v) is 4.00. The summed E-state index contributed by atoms with van der Waals surface area (Å²) in [5, 5.41) is 10.8. The molecule has 3 nitrogen and oxygen atoms in total. The van der Waals surface area contributed by atoms with Gasteiger partial charge in [0.2, 0.25) is 0 Å². The van der Waals surface area contributed by atoms with E-state index in [4.69, 9.17) is 5.73 Å². The van der Waals surface area contributed by atoms with Crippen molar-refractivity contribution < 1.29 is 5.11 Å². The highest BCUT2D eigenvalue weighted by atomic mass is 32.1. The highest BCUT2D eigenvalue weighted by Crippen LogP contribution is 2.38. The summed E-state index contributed by atoms with van der Waals surface area (Å²) in [6.07, 6.45) is 5.59. The molecule has 1 aromatic heterocycles. The molecule has 0 aromatic carbocycles. The molecular formula is C12H18N2OS. The number of aliphatic hydroxyl groups excluding tert-OH is 1. The second-order valence-corrected chi connectivity index (χ2v) is 5.83. The van der Waals surface area contributed by atoms with E-state index in [-0.39, 0.29) is 0 Å². The Kier molecular flexibility index (Phi) is 3.30. The lowest BCUT2D eigenvalue weighted by Gasteiger charge is -2.28. The summed E-state index contributed by atoms with van der Waals surface area (Å²) in [4.78, 5) is 4.89. The van der Waals surface area contributed by atoms with Gasteiger partial charge in [-0.15, -0.1) is 0 Å². The summed E-state index contributed by atoms with van der Waals surface area (Å²) in [5.41, 5.74) is 6.96. The maximum absolute atomic E-state index is 10.3. The third kappa shape index (κ3) is 2.44. The molecule has 3 unspecified atom stereocenters. The fraction of sp³-hybridized carbons (Fsp3) is 0.583. The van der Waals surface area contributed by atoms with Gasteiger partial charge in [0.15, 0.2) is 5.13 Å². The quantitative estimate of drug-likeness (QED) is 0.779. The van der Waals surface area contributed by atoms with Gasteiger partial charge in [0.05, 0.1) is 11.0 Å². The minimum atomic E-state index is -0.416. The molecule has 0 radical (unpaired) electrons. The molecule has 16 heavy (non-hydrogen) atoms. The molecule has 2 rings (SSSR count). The van der Waals surface area contributed by atoms with E-state index in [1.54, 1.807) is 6.20 Å². The number of hydrogen-bond donors (Lipinski definition) is 2. The van der Waals surface area contributed by atoms with Crippen LogP contribution in [-0.2, 0) is 0 Å². The Hall–Kier alpha value is -0.870. The summed E-state index contributed by atoms with van der Waals surface area (Å²) in [5.74, 6) is 0.860. The van der Waals surface area contributed by atoms with E-state index in [1.807, 2.05) is 0 Å². The van der Waals surface area contributed by atoms with Crippen LogP contribution in [0.5, 0.6) is 0 Å². The minimum Gasteiger partial charge on any atom is -0.387 e. The first-order valence-electron chi connectivity index (χ1n) is 5.63. The van der Waals surface area contributed by atoms with Crippen molar-refractivity contribution in [3.8, 4) is 0 Å². The predicted molar refractivity (Wildman–Crippen MR) is 67.1 cm³/mol. The number of rotatable bonds is 2. The number of thiazole rings is 1. The minimum absolute atomic E-state index is 0.305. The fourth-order valence-electron chi connectivity index (χ4n) is 2.51. The predicted octanol–water partition coefficient (Wildman–Crippen LogP) is 2.75. The van der Waals surface area contributed by atoms with Gasteiger partial charge in [-0.05, 0) is 31.6 Å². The van der Waals surface area contributed by atoms with Crippen molar-refractivity contribution in [1.82, 2.24) is 4.98 Å². The molecule has 3 atom stereocenters. The number of nitrogens with two attached hydrogens (primary N) is 1. The number of hydrogen-bond acceptors (Lipinski definition) is 4. The summed E-state index contributed by atoms with van der Waals surface area (Å²) in [6, 6.07) is 0. The zero-order valence-electron chi connectivity index (χ0n) is 9.68. The maximum atomic E-state index is 10.3. The molecule has 0 spiro atoms. The van der Waals surface area contributed by atoms with E-state index in [2.05, 4.69) is 24.9 Å². The van der Waals surface area contributed by atoms with E-state index in [0.717, 1.165) is 17.7 Å². The van der Waals surface area contributed by atoms with Gasteiger partial charge in [0.25, 0.3) is 0 Å². The number of nitrogen functional groups attached to an aromatic ring is 1. The second kappa shape index (κ2) is 4.55. The molecule has 1 aliphatic carbocycles. The van der Waals surface area contributed by atoms with Crippen LogP contribution in [0.25, 0.3) is 0 Å². The monoisotopic (exact) mass is 238 g/mol. The topological polar surface area (TPSA) is 59.1 Å². The molecule has 1 aliphatic rings. The van der Waals surface area contributed by atoms with Gasteiger partial charge in [-0.1, -0.05) is 29.9 Å². The first-order chi connectivity index (χ1) is 7.56. The van der Waals surface area contributed by atoms with Crippen LogP contribution in [0.2, 0.25) is 0 Å². The molecule has 0 bridgehead atoms. The van der Waals surface area contributed by atoms with Gasteiger partial charge in [0.1, 0.15) is 0 Å². The fourth-order valence-corrected chi connectivity index (χ4v) is 3.27. The Labute approximate surface area is 100 Å². The van der Waals surface area contributed by atoms with Crippen molar-refractivity contribution in [3.63, 3.8) is 0 Å². The molecule has 0 aliphatic heterocycles. The van der Waals surface area contributed by atoms with Gasteiger partial charge < -0.3 is 10.8 Å². The van der Waals surface area contributed by atoms with E-state index in [0.29, 0.717) is 17.0 Å². The van der Waals surface area contributed by atoms with Gasteiger partial charge in [-0.3, -0.25) is 0 Å².